The van der Waals surface area contributed by atoms with Crippen molar-refractivity contribution in [3.05, 3.63) is 0 Å². The molecule has 0 amide bonds. The molecule has 0 radical (unpaired) electrons. The molecule has 0 aliphatic carbocycles. The molecule has 0 unspecified atom stereocenters. The van der Waals surface area contributed by atoms with E-state index in [4.69, 9.17) is 0 Å². The molecule has 0 fully saturated rings. The van der Waals surface area contributed by atoms with Gasteiger partial charge in [0.05, 0.1) is 0 Å². The summed E-state index contributed by atoms with van der Waals surface area (Å²) < 4.78 is 0. The first kappa shape index (κ1) is 42.8. The molecule has 0 aliphatic heterocycles. The summed E-state index contributed by atoms with van der Waals surface area (Å²) in [5.74, 6) is 0. The zero-order chi connectivity index (χ0) is 6.71. The van der Waals surface area contributed by atoms with Crippen LogP contribution in [0.3, 0.4) is 0 Å². The van der Waals surface area contributed by atoms with E-state index in [-0.39, 0.29) is 52.6 Å². The van der Waals surface area contributed by atoms with Gasteiger partial charge in [-0.3, -0.25) is 0 Å². The summed E-state index contributed by atoms with van der Waals surface area (Å²) in [5, 5.41) is 0. The van der Waals surface area contributed by atoms with Crippen LogP contribution in [0.1, 0.15) is 62.8 Å². The van der Waals surface area contributed by atoms with Crippen LogP contribution < -0.4 is 0 Å². The largest absolute Gasteiger partial charge is 0.0776 e. The second-order valence-electron chi connectivity index (χ2n) is 0.707. The summed E-state index contributed by atoms with van der Waals surface area (Å²) in [6.45, 7) is 12.2. The SMILES string of the molecule is C.C.CC.CC.CCC.[Ar]. The Labute approximate surface area is 99.8 Å². The number of rotatable bonds is 0. The summed E-state index contributed by atoms with van der Waals surface area (Å²) in [6, 6.07) is 0. The monoisotopic (exact) mass is 176 g/mol. The van der Waals surface area contributed by atoms with Crippen molar-refractivity contribution in [3.8, 4) is 0 Å². The van der Waals surface area contributed by atoms with Crippen LogP contribution in [0.15, 0.2) is 0 Å². The van der Waals surface area contributed by atoms with Crippen LogP contribution in [0.4, 0.5) is 0 Å². The minimum Gasteiger partial charge on any atom is -0.0776 e. The van der Waals surface area contributed by atoms with Crippen molar-refractivity contribution >= 4 is 0 Å². The normalized spacial score (nSPS) is 3.00. The van der Waals surface area contributed by atoms with Gasteiger partial charge in [-0.25, -0.2) is 0 Å². The second kappa shape index (κ2) is 172. The van der Waals surface area contributed by atoms with Crippen LogP contribution in [0.5, 0.6) is 0 Å². The van der Waals surface area contributed by atoms with Crippen molar-refractivity contribution in [1.29, 1.82) is 0 Å². The molecule has 0 saturated heterocycles. The van der Waals surface area contributed by atoms with Crippen LogP contribution in [-0.4, -0.2) is 0 Å². The van der Waals surface area contributed by atoms with Crippen LogP contribution >= 0.6 is 0 Å². The molecule has 0 atom stereocenters. The topological polar surface area (TPSA) is 0 Å². The number of hydrogen-bond acceptors (Lipinski definition) is 0. The number of hydrogen-bond donors (Lipinski definition) is 0. The molecule has 0 saturated carbocycles. The molecule has 0 rings (SSSR count). The Bertz CT molecular complexity index is 4.69. The first-order valence-electron chi connectivity index (χ1n) is 3.41. The Balaban J connectivity index is -0.00000000536. The Morgan fingerprint density at radius 2 is 0.700 bits per heavy atom. The smallest absolute Gasteiger partial charge is 0 e. The Hall–Kier alpha value is 1.26. The molecule has 0 aromatic rings. The van der Waals surface area contributed by atoms with Crippen LogP contribution in [0.25, 0.3) is 0 Å². The van der Waals surface area contributed by atoms with Crippen LogP contribution in [0, 0.1) is 37.7 Å². The fourth-order valence-electron chi connectivity index (χ4n) is 0. The molecule has 1 heteroatoms. The summed E-state index contributed by atoms with van der Waals surface area (Å²) >= 11 is 0. The third kappa shape index (κ3) is 398. The fourth-order valence-corrected chi connectivity index (χ4v) is 0. The van der Waals surface area contributed by atoms with E-state index in [1.54, 1.807) is 0 Å². The average molecular weight is 176 g/mol. The van der Waals surface area contributed by atoms with E-state index in [0.717, 1.165) is 0 Å². The molecule has 72 valence electrons. The molecule has 0 heterocycles. The Kier molecular flexibility index (Phi) is 738. The molecule has 0 aromatic heterocycles. The van der Waals surface area contributed by atoms with E-state index in [1.165, 1.54) is 6.42 Å². The maximum Gasteiger partial charge on any atom is 0 e. The van der Waals surface area contributed by atoms with E-state index >= 15 is 0 Å². The van der Waals surface area contributed by atoms with Crippen molar-refractivity contribution in [3.63, 3.8) is 0 Å². The molecule has 0 N–H and O–H groups in total. The quantitative estimate of drug-likeness (QED) is 0.500. The summed E-state index contributed by atoms with van der Waals surface area (Å²) in [6.07, 6.45) is 1.25. The maximum atomic E-state index is 2.12. The van der Waals surface area contributed by atoms with Gasteiger partial charge in [-0.2, -0.15) is 0 Å². The van der Waals surface area contributed by atoms with Gasteiger partial charge >= 0.3 is 0 Å². The zero-order valence-electron chi connectivity index (χ0n) is 7.06. The molecule has 0 spiro atoms. The molecular formula is C9H28Ar. The Morgan fingerprint density at radius 1 is 0.700 bits per heavy atom. The molecule has 0 bridgehead atoms. The van der Waals surface area contributed by atoms with E-state index < -0.39 is 0 Å². The van der Waals surface area contributed by atoms with Gasteiger partial charge in [0.25, 0.3) is 0 Å². The molecule has 0 nitrogen and oxygen atoms in total. The minimum absolute atomic E-state index is 0. The summed E-state index contributed by atoms with van der Waals surface area (Å²) in [5.41, 5.74) is 0. The molecule has 0 aromatic carbocycles. The van der Waals surface area contributed by atoms with E-state index in [1.807, 2.05) is 27.7 Å². The van der Waals surface area contributed by atoms with Gasteiger partial charge in [-0.05, 0) is 0 Å². The van der Waals surface area contributed by atoms with E-state index in [2.05, 4.69) is 13.8 Å². The van der Waals surface area contributed by atoms with Gasteiger partial charge in [0.15, 0.2) is 0 Å². The Morgan fingerprint density at radius 3 is 0.700 bits per heavy atom. The van der Waals surface area contributed by atoms with Crippen molar-refractivity contribution < 1.29 is 37.7 Å². The van der Waals surface area contributed by atoms with Gasteiger partial charge in [0.1, 0.15) is 0 Å². The zero-order valence-corrected chi connectivity index (χ0v) is 7.77. The van der Waals surface area contributed by atoms with Crippen molar-refractivity contribution in [1.82, 2.24) is 0 Å². The van der Waals surface area contributed by atoms with Gasteiger partial charge in [0, 0.05) is 37.7 Å². The van der Waals surface area contributed by atoms with Gasteiger partial charge in [-0.1, -0.05) is 62.8 Å². The fraction of sp³-hybridized carbons (Fsp3) is 1.00. The minimum atomic E-state index is 0. The van der Waals surface area contributed by atoms with Crippen molar-refractivity contribution in [2.45, 2.75) is 62.8 Å². The average Bonchev–Trinajstić information content (AvgIpc) is 1.78. The predicted molar refractivity (Wildman–Crippen MR) is 52.1 cm³/mol. The van der Waals surface area contributed by atoms with E-state index in [0.29, 0.717) is 0 Å². The van der Waals surface area contributed by atoms with Crippen LogP contribution in [-0.2, 0) is 0 Å². The standard InChI is InChI=1S/C3H8.2C2H6.2CH4.Ar/c1-3-2;2*1-2;;;/h3H2,1-2H3;2*1-2H3;2*1H4;. The summed E-state index contributed by atoms with van der Waals surface area (Å²) in [4.78, 5) is 0. The van der Waals surface area contributed by atoms with Gasteiger partial charge in [-0.15, -0.1) is 0 Å². The second-order valence-corrected chi connectivity index (χ2v) is 0.707. The first-order chi connectivity index (χ1) is 3.41. The van der Waals surface area contributed by atoms with Crippen molar-refractivity contribution in [2.75, 3.05) is 0 Å². The van der Waals surface area contributed by atoms with Gasteiger partial charge in [0.2, 0.25) is 0 Å². The molecular weight excluding hydrogens is 148 g/mol. The van der Waals surface area contributed by atoms with Crippen molar-refractivity contribution in [2.24, 2.45) is 0 Å². The third-order valence-electron chi connectivity index (χ3n) is 0. The molecule has 10 heavy (non-hydrogen) atoms. The molecule has 0 aliphatic rings. The maximum absolute atomic E-state index is 2.12. The van der Waals surface area contributed by atoms with Crippen LogP contribution in [0.2, 0.25) is 0 Å². The predicted octanol–water partition coefficient (Wildman–Crippen LogP) is 4.74. The van der Waals surface area contributed by atoms with E-state index in [9.17, 15) is 0 Å². The van der Waals surface area contributed by atoms with Gasteiger partial charge < -0.3 is 0 Å². The first-order valence-corrected chi connectivity index (χ1v) is 3.41. The third-order valence-corrected chi connectivity index (χ3v) is 0. The summed E-state index contributed by atoms with van der Waals surface area (Å²) in [7, 11) is 0.